The summed E-state index contributed by atoms with van der Waals surface area (Å²) in [5, 5.41) is 0. The van der Waals surface area contributed by atoms with Crippen LogP contribution >= 0.6 is 0 Å². The summed E-state index contributed by atoms with van der Waals surface area (Å²) in [6.45, 7) is 2.25. The fourth-order valence-corrected chi connectivity index (χ4v) is 6.36. The summed E-state index contributed by atoms with van der Waals surface area (Å²) in [5.74, 6) is 1.89. The minimum absolute atomic E-state index is 0.133. The number of rotatable bonds is 9. The molecule has 0 N–H and O–H groups in total. The Labute approximate surface area is 206 Å². The number of nitrogens with zero attached hydrogens (tertiary/aromatic N) is 2. The SMILES string of the molecule is COc1cccc([C@@]23CCN(C)C[C@H]2CC[C@H](N(C)C(=O)CCCCCc2ccccc2)C3)c1. The predicted molar refractivity (Wildman–Crippen MR) is 139 cm³/mol. The Morgan fingerprint density at radius 3 is 2.71 bits per heavy atom. The summed E-state index contributed by atoms with van der Waals surface area (Å²) < 4.78 is 5.57. The summed E-state index contributed by atoms with van der Waals surface area (Å²) in [7, 11) is 6.04. The van der Waals surface area contributed by atoms with Crippen LogP contribution in [0.4, 0.5) is 0 Å². The third-order valence-electron chi connectivity index (χ3n) is 8.49. The van der Waals surface area contributed by atoms with Gasteiger partial charge in [-0.25, -0.2) is 0 Å². The van der Waals surface area contributed by atoms with Gasteiger partial charge >= 0.3 is 0 Å². The van der Waals surface area contributed by atoms with E-state index in [1.807, 2.05) is 13.1 Å². The van der Waals surface area contributed by atoms with E-state index >= 15 is 0 Å². The third kappa shape index (κ3) is 5.66. The first-order valence-electron chi connectivity index (χ1n) is 13.1. The topological polar surface area (TPSA) is 32.8 Å². The van der Waals surface area contributed by atoms with Crippen molar-refractivity contribution in [2.24, 2.45) is 5.92 Å². The van der Waals surface area contributed by atoms with Gasteiger partial charge in [-0.1, -0.05) is 48.9 Å². The van der Waals surface area contributed by atoms with Crippen molar-refractivity contribution >= 4 is 5.91 Å². The van der Waals surface area contributed by atoms with Crippen molar-refractivity contribution in [1.82, 2.24) is 9.80 Å². The van der Waals surface area contributed by atoms with Crippen molar-refractivity contribution in [3.05, 3.63) is 65.7 Å². The molecule has 4 rings (SSSR count). The van der Waals surface area contributed by atoms with Crippen LogP contribution in [-0.4, -0.2) is 56.0 Å². The number of unbranched alkanes of at least 4 members (excludes halogenated alkanes) is 2. The van der Waals surface area contributed by atoms with Crippen molar-refractivity contribution in [3.63, 3.8) is 0 Å². The highest BCUT2D eigenvalue weighted by atomic mass is 16.5. The lowest BCUT2D eigenvalue weighted by atomic mass is 9.58. The number of piperidine rings is 1. The van der Waals surface area contributed by atoms with Gasteiger partial charge in [0.05, 0.1) is 7.11 Å². The third-order valence-corrected chi connectivity index (χ3v) is 8.49. The maximum absolute atomic E-state index is 13.1. The first-order valence-corrected chi connectivity index (χ1v) is 13.1. The van der Waals surface area contributed by atoms with Gasteiger partial charge in [-0.15, -0.1) is 0 Å². The van der Waals surface area contributed by atoms with Gasteiger partial charge in [0.2, 0.25) is 5.91 Å². The lowest BCUT2D eigenvalue weighted by Crippen LogP contribution is -2.55. The van der Waals surface area contributed by atoms with Crippen molar-refractivity contribution in [2.45, 2.75) is 69.2 Å². The Bertz CT molecular complexity index is 930. The molecule has 0 unspecified atom stereocenters. The fraction of sp³-hybridized carbons (Fsp3) is 0.567. The predicted octanol–water partition coefficient (Wildman–Crippen LogP) is 5.70. The zero-order valence-corrected chi connectivity index (χ0v) is 21.3. The number of fused-ring (bicyclic) bond motifs is 1. The first-order chi connectivity index (χ1) is 16.5. The molecule has 34 heavy (non-hydrogen) atoms. The molecular formula is C30H42N2O2. The number of amides is 1. The molecule has 1 amide bonds. The van der Waals surface area contributed by atoms with Crippen LogP contribution in [0, 0.1) is 5.92 Å². The molecule has 4 nitrogen and oxygen atoms in total. The van der Waals surface area contributed by atoms with Gasteiger partial charge in [0, 0.05) is 31.5 Å². The van der Waals surface area contributed by atoms with E-state index in [0.717, 1.165) is 63.8 Å². The van der Waals surface area contributed by atoms with E-state index in [2.05, 4.69) is 65.4 Å². The second-order valence-electron chi connectivity index (χ2n) is 10.6. The lowest BCUT2D eigenvalue weighted by Gasteiger charge is -2.53. The van der Waals surface area contributed by atoms with E-state index in [1.165, 1.54) is 17.5 Å². The van der Waals surface area contributed by atoms with E-state index in [0.29, 0.717) is 24.3 Å². The monoisotopic (exact) mass is 462 g/mol. The summed E-state index contributed by atoms with van der Waals surface area (Å²) in [4.78, 5) is 17.7. The van der Waals surface area contributed by atoms with E-state index in [-0.39, 0.29) is 5.41 Å². The van der Waals surface area contributed by atoms with Crippen LogP contribution in [-0.2, 0) is 16.6 Å². The molecule has 1 saturated carbocycles. The smallest absolute Gasteiger partial charge is 0.222 e. The zero-order valence-electron chi connectivity index (χ0n) is 21.3. The van der Waals surface area contributed by atoms with E-state index in [1.54, 1.807) is 7.11 Å². The van der Waals surface area contributed by atoms with E-state index in [9.17, 15) is 4.79 Å². The Hall–Kier alpha value is -2.33. The zero-order chi connectivity index (χ0) is 24.0. The van der Waals surface area contributed by atoms with Gasteiger partial charge < -0.3 is 14.5 Å². The number of aryl methyl sites for hydroxylation is 1. The second kappa shape index (κ2) is 11.4. The Balaban J connectivity index is 1.36. The number of carbonyl (C=O) groups is 1. The minimum Gasteiger partial charge on any atom is -0.497 e. The van der Waals surface area contributed by atoms with Crippen LogP contribution in [0.15, 0.2) is 54.6 Å². The van der Waals surface area contributed by atoms with E-state index < -0.39 is 0 Å². The number of benzene rings is 2. The Morgan fingerprint density at radius 1 is 1.09 bits per heavy atom. The largest absolute Gasteiger partial charge is 0.497 e. The summed E-state index contributed by atoms with van der Waals surface area (Å²) >= 11 is 0. The van der Waals surface area contributed by atoms with Gasteiger partial charge in [-0.3, -0.25) is 4.79 Å². The average Bonchev–Trinajstić information content (AvgIpc) is 2.88. The maximum atomic E-state index is 13.1. The fourth-order valence-electron chi connectivity index (χ4n) is 6.36. The number of ether oxygens (including phenoxy) is 1. The van der Waals surface area contributed by atoms with Crippen molar-refractivity contribution < 1.29 is 9.53 Å². The van der Waals surface area contributed by atoms with Crippen molar-refractivity contribution in [1.29, 1.82) is 0 Å². The molecule has 184 valence electrons. The lowest BCUT2D eigenvalue weighted by molar-refractivity contribution is -0.133. The summed E-state index contributed by atoms with van der Waals surface area (Å²) in [6.07, 6.45) is 9.53. The van der Waals surface area contributed by atoms with E-state index in [4.69, 9.17) is 4.74 Å². The van der Waals surface area contributed by atoms with Crippen LogP contribution in [0.5, 0.6) is 5.75 Å². The number of carbonyl (C=O) groups excluding carboxylic acids is 1. The molecule has 1 heterocycles. The number of likely N-dealkylation sites (tertiary alicyclic amines) is 1. The van der Waals surface area contributed by atoms with Crippen LogP contribution < -0.4 is 4.74 Å². The number of hydrogen-bond acceptors (Lipinski definition) is 3. The molecule has 2 aliphatic rings. The van der Waals surface area contributed by atoms with Gasteiger partial charge in [-0.05, 0) is 87.7 Å². The van der Waals surface area contributed by atoms with Gasteiger partial charge in [0.1, 0.15) is 5.75 Å². The van der Waals surface area contributed by atoms with Gasteiger partial charge in [0.25, 0.3) is 0 Å². The summed E-state index contributed by atoms with van der Waals surface area (Å²) in [5.41, 5.74) is 2.92. The van der Waals surface area contributed by atoms with Crippen LogP contribution in [0.25, 0.3) is 0 Å². The molecule has 0 aromatic heterocycles. The van der Waals surface area contributed by atoms with Crippen LogP contribution in [0.3, 0.4) is 0 Å². The van der Waals surface area contributed by atoms with Crippen LogP contribution in [0.1, 0.15) is 62.5 Å². The Morgan fingerprint density at radius 2 is 1.91 bits per heavy atom. The normalized spacial score (nSPS) is 24.9. The molecule has 0 spiro atoms. The highest BCUT2D eigenvalue weighted by molar-refractivity contribution is 5.76. The average molecular weight is 463 g/mol. The standard InChI is InChI=1S/C30H42N2O2/c1-31-20-19-30(25-14-10-15-28(21-25)34-3)22-27(18-17-26(30)23-31)32(2)29(33)16-9-5-8-13-24-11-6-4-7-12-24/h4,6-7,10-12,14-15,21,26-27H,5,8-9,13,16-20,22-23H2,1-3H3/t26-,27+,30+/m1/s1. The number of methoxy groups -OCH3 is 1. The summed E-state index contributed by atoms with van der Waals surface area (Å²) in [6, 6.07) is 19.7. The molecule has 0 radical (unpaired) electrons. The first kappa shape index (κ1) is 24.8. The molecule has 3 atom stereocenters. The number of hydrogen-bond donors (Lipinski definition) is 0. The molecular weight excluding hydrogens is 420 g/mol. The molecule has 1 aliphatic heterocycles. The quantitative estimate of drug-likeness (QED) is 0.448. The van der Waals surface area contributed by atoms with Crippen molar-refractivity contribution in [3.8, 4) is 5.75 Å². The highest BCUT2D eigenvalue weighted by Gasteiger charge is 2.48. The van der Waals surface area contributed by atoms with Crippen molar-refractivity contribution in [2.75, 3.05) is 34.3 Å². The highest BCUT2D eigenvalue weighted by Crippen LogP contribution is 2.50. The van der Waals surface area contributed by atoms with Crippen LogP contribution in [0.2, 0.25) is 0 Å². The molecule has 4 heteroatoms. The molecule has 2 aromatic carbocycles. The Kier molecular flexibility index (Phi) is 8.31. The molecule has 0 bridgehead atoms. The van der Waals surface area contributed by atoms with Gasteiger partial charge in [0.15, 0.2) is 0 Å². The molecule has 1 saturated heterocycles. The molecule has 1 aliphatic carbocycles. The minimum atomic E-state index is 0.133. The second-order valence-corrected chi connectivity index (χ2v) is 10.6. The van der Waals surface area contributed by atoms with Gasteiger partial charge in [-0.2, -0.15) is 0 Å². The maximum Gasteiger partial charge on any atom is 0.222 e. The molecule has 2 fully saturated rings. The molecule has 2 aromatic rings.